The van der Waals surface area contributed by atoms with Crippen molar-refractivity contribution >= 4 is 42.8 Å². The minimum absolute atomic E-state index is 0.740. The van der Waals surface area contributed by atoms with Crippen LogP contribution in [0.4, 0.5) is 0 Å². The molecule has 0 fully saturated rings. The SMILES string of the molecule is CCCNCc1cc2c(Br)c(OC)cc(Br)c2o1. The molecular formula is C13H15Br2NO2. The molecule has 3 nitrogen and oxygen atoms in total. The molecule has 1 N–H and O–H groups in total. The molecule has 0 unspecified atom stereocenters. The smallest absolute Gasteiger partial charge is 0.149 e. The molecule has 0 aliphatic heterocycles. The van der Waals surface area contributed by atoms with Crippen LogP contribution in [-0.2, 0) is 6.54 Å². The quantitative estimate of drug-likeness (QED) is 0.782. The van der Waals surface area contributed by atoms with Gasteiger partial charge in [0.1, 0.15) is 17.1 Å². The predicted octanol–water partition coefficient (Wildman–Crippen LogP) is 4.47. The van der Waals surface area contributed by atoms with Crippen molar-refractivity contribution in [3.05, 3.63) is 26.8 Å². The molecule has 0 aliphatic carbocycles. The Morgan fingerprint density at radius 1 is 1.33 bits per heavy atom. The first-order valence-electron chi connectivity index (χ1n) is 5.82. The fourth-order valence-electron chi connectivity index (χ4n) is 1.78. The third-order valence-electron chi connectivity index (χ3n) is 2.66. The van der Waals surface area contributed by atoms with Crippen LogP contribution in [0.15, 0.2) is 25.5 Å². The lowest BCUT2D eigenvalue weighted by atomic mass is 10.2. The zero-order valence-electron chi connectivity index (χ0n) is 10.3. The van der Waals surface area contributed by atoms with Crippen molar-refractivity contribution < 1.29 is 9.15 Å². The third kappa shape index (κ3) is 2.73. The van der Waals surface area contributed by atoms with Gasteiger partial charge in [-0.25, -0.2) is 0 Å². The minimum Gasteiger partial charge on any atom is -0.496 e. The molecule has 2 aromatic rings. The maximum absolute atomic E-state index is 5.83. The van der Waals surface area contributed by atoms with E-state index >= 15 is 0 Å². The second kappa shape index (κ2) is 6.08. The van der Waals surface area contributed by atoms with E-state index in [2.05, 4.69) is 44.1 Å². The molecule has 1 aromatic heterocycles. The Bertz CT molecular complexity index is 551. The first-order chi connectivity index (χ1) is 8.67. The van der Waals surface area contributed by atoms with Gasteiger partial charge < -0.3 is 14.5 Å². The van der Waals surface area contributed by atoms with Crippen molar-refractivity contribution in [2.75, 3.05) is 13.7 Å². The summed E-state index contributed by atoms with van der Waals surface area (Å²) in [6, 6.07) is 3.94. The van der Waals surface area contributed by atoms with Crippen molar-refractivity contribution in [3.8, 4) is 5.75 Å². The fraction of sp³-hybridized carbons (Fsp3) is 0.385. The van der Waals surface area contributed by atoms with E-state index in [9.17, 15) is 0 Å². The standard InChI is InChI=1S/C13H15Br2NO2/c1-3-4-16-7-8-5-9-12(15)11(17-2)6-10(14)13(9)18-8/h5-6,16H,3-4,7H2,1-2H3. The van der Waals surface area contributed by atoms with Gasteiger partial charge in [0.2, 0.25) is 0 Å². The number of benzene rings is 1. The highest BCUT2D eigenvalue weighted by Crippen LogP contribution is 2.39. The summed E-state index contributed by atoms with van der Waals surface area (Å²) in [5.74, 6) is 1.72. The summed E-state index contributed by atoms with van der Waals surface area (Å²) < 4.78 is 13.0. The maximum atomic E-state index is 5.83. The van der Waals surface area contributed by atoms with Crippen LogP contribution in [0.2, 0.25) is 0 Å². The Labute approximate surface area is 123 Å². The molecule has 18 heavy (non-hydrogen) atoms. The largest absolute Gasteiger partial charge is 0.496 e. The van der Waals surface area contributed by atoms with E-state index < -0.39 is 0 Å². The van der Waals surface area contributed by atoms with Gasteiger partial charge in [-0.1, -0.05) is 6.92 Å². The van der Waals surface area contributed by atoms with Crippen LogP contribution < -0.4 is 10.1 Å². The molecule has 98 valence electrons. The molecule has 0 amide bonds. The van der Waals surface area contributed by atoms with Crippen molar-refractivity contribution in [1.82, 2.24) is 5.32 Å². The Balaban J connectivity index is 2.37. The van der Waals surface area contributed by atoms with Gasteiger partial charge in [0.25, 0.3) is 0 Å². The van der Waals surface area contributed by atoms with Crippen molar-refractivity contribution in [2.24, 2.45) is 0 Å². The molecule has 1 aromatic carbocycles. The lowest BCUT2D eigenvalue weighted by molar-refractivity contribution is 0.412. The van der Waals surface area contributed by atoms with Gasteiger partial charge in [0.05, 0.1) is 22.6 Å². The Morgan fingerprint density at radius 3 is 2.78 bits per heavy atom. The number of nitrogens with one attached hydrogen (secondary N) is 1. The van der Waals surface area contributed by atoms with Gasteiger partial charge in [-0.2, -0.15) is 0 Å². The zero-order valence-corrected chi connectivity index (χ0v) is 13.5. The molecule has 0 aliphatic rings. The van der Waals surface area contributed by atoms with E-state index in [0.29, 0.717) is 0 Å². The summed E-state index contributed by atoms with van der Waals surface area (Å²) >= 11 is 7.05. The molecule has 0 radical (unpaired) electrons. The summed E-state index contributed by atoms with van der Waals surface area (Å²) in [5, 5.41) is 4.35. The van der Waals surface area contributed by atoms with Crippen molar-refractivity contribution in [1.29, 1.82) is 0 Å². The van der Waals surface area contributed by atoms with Gasteiger partial charge in [0, 0.05) is 5.39 Å². The van der Waals surface area contributed by atoms with Crippen molar-refractivity contribution in [3.63, 3.8) is 0 Å². The number of rotatable bonds is 5. The van der Waals surface area contributed by atoms with Crippen LogP contribution in [0.25, 0.3) is 11.0 Å². The van der Waals surface area contributed by atoms with Crippen LogP contribution >= 0.6 is 31.9 Å². The molecule has 5 heteroatoms. The molecule has 0 saturated carbocycles. The number of hydrogen-bond donors (Lipinski definition) is 1. The average Bonchev–Trinajstić information content (AvgIpc) is 2.79. The predicted molar refractivity (Wildman–Crippen MR) is 80.2 cm³/mol. The molecular weight excluding hydrogens is 362 g/mol. The first-order valence-corrected chi connectivity index (χ1v) is 7.41. The average molecular weight is 377 g/mol. The van der Waals surface area contributed by atoms with Gasteiger partial charge in [0.15, 0.2) is 0 Å². The number of hydrogen-bond acceptors (Lipinski definition) is 3. The van der Waals surface area contributed by atoms with Gasteiger partial charge in [-0.15, -0.1) is 0 Å². The van der Waals surface area contributed by atoms with Crippen LogP contribution in [0, 0.1) is 0 Å². The minimum atomic E-state index is 0.740. The second-order valence-corrected chi connectivity index (χ2v) is 5.65. The summed E-state index contributed by atoms with van der Waals surface area (Å²) in [6.07, 6.45) is 1.11. The molecule has 0 atom stereocenters. The summed E-state index contributed by atoms with van der Waals surface area (Å²) in [5.41, 5.74) is 0.843. The number of halogens is 2. The lowest BCUT2D eigenvalue weighted by Crippen LogP contribution is -2.12. The molecule has 0 spiro atoms. The van der Waals surface area contributed by atoms with E-state index in [1.165, 1.54) is 0 Å². The van der Waals surface area contributed by atoms with E-state index in [4.69, 9.17) is 9.15 Å². The van der Waals surface area contributed by atoms with E-state index in [1.807, 2.05) is 12.1 Å². The highest BCUT2D eigenvalue weighted by Gasteiger charge is 2.14. The number of fused-ring (bicyclic) bond motifs is 1. The molecule has 0 saturated heterocycles. The van der Waals surface area contributed by atoms with Crippen molar-refractivity contribution in [2.45, 2.75) is 19.9 Å². The van der Waals surface area contributed by atoms with Gasteiger partial charge in [-0.3, -0.25) is 0 Å². The summed E-state index contributed by atoms with van der Waals surface area (Å²) in [7, 11) is 1.65. The van der Waals surface area contributed by atoms with Crippen LogP contribution in [0.3, 0.4) is 0 Å². The Kier molecular flexibility index (Phi) is 4.70. The van der Waals surface area contributed by atoms with Gasteiger partial charge in [-0.05, 0) is 57.0 Å². The highest BCUT2D eigenvalue weighted by molar-refractivity contribution is 9.11. The monoisotopic (exact) mass is 375 g/mol. The third-order valence-corrected chi connectivity index (χ3v) is 4.06. The Morgan fingerprint density at radius 2 is 2.11 bits per heavy atom. The van der Waals surface area contributed by atoms with E-state index in [0.717, 1.165) is 50.9 Å². The first kappa shape index (κ1) is 13.9. The van der Waals surface area contributed by atoms with E-state index in [-0.39, 0.29) is 0 Å². The zero-order chi connectivity index (χ0) is 13.1. The topological polar surface area (TPSA) is 34.4 Å². The lowest BCUT2D eigenvalue weighted by Gasteiger charge is -2.04. The van der Waals surface area contributed by atoms with Crippen LogP contribution in [-0.4, -0.2) is 13.7 Å². The summed E-state index contributed by atoms with van der Waals surface area (Å²) in [6.45, 7) is 3.87. The molecule has 1 heterocycles. The number of methoxy groups -OCH3 is 1. The fourth-order valence-corrected chi connectivity index (χ4v) is 2.86. The van der Waals surface area contributed by atoms with Crippen LogP contribution in [0.1, 0.15) is 19.1 Å². The maximum Gasteiger partial charge on any atom is 0.149 e. The number of furan rings is 1. The summed E-state index contributed by atoms with van der Waals surface area (Å²) in [4.78, 5) is 0. The van der Waals surface area contributed by atoms with E-state index in [1.54, 1.807) is 7.11 Å². The molecule has 2 rings (SSSR count). The Hall–Kier alpha value is -0.520. The highest BCUT2D eigenvalue weighted by atomic mass is 79.9. The molecule has 0 bridgehead atoms. The van der Waals surface area contributed by atoms with Gasteiger partial charge >= 0.3 is 0 Å². The normalized spacial score (nSPS) is 11.1. The number of ether oxygens (including phenoxy) is 1. The van der Waals surface area contributed by atoms with Crippen LogP contribution in [0.5, 0.6) is 5.75 Å². The second-order valence-electron chi connectivity index (χ2n) is 4.01.